The normalized spacial score (nSPS) is 10.3. The summed E-state index contributed by atoms with van der Waals surface area (Å²) in [4.78, 5) is 21.2. The van der Waals surface area contributed by atoms with Gasteiger partial charge in [-0.1, -0.05) is 25.1 Å². The van der Waals surface area contributed by atoms with Gasteiger partial charge in [0.2, 0.25) is 0 Å². The number of nitrogens with one attached hydrogen (secondary N) is 2. The molecule has 0 aliphatic heterocycles. The first-order chi connectivity index (χ1) is 13.1. The molecule has 0 fully saturated rings. The van der Waals surface area contributed by atoms with Crippen LogP contribution in [0.4, 0.5) is 17.2 Å². The number of rotatable bonds is 6. The number of nitrogens with zero attached hydrogens (tertiary/aromatic N) is 2. The van der Waals surface area contributed by atoms with Crippen LogP contribution in [0.25, 0.3) is 0 Å². The maximum absolute atomic E-state index is 12.6. The average Bonchev–Trinajstić information content (AvgIpc) is 2.68. The largest absolute Gasteiger partial charge is 0.497 e. The number of ether oxygens (including phenoxy) is 1. The summed E-state index contributed by atoms with van der Waals surface area (Å²) in [5.74, 6) is 1.45. The number of amides is 1. The molecule has 2 N–H and O–H groups in total. The molecule has 0 saturated heterocycles. The lowest BCUT2D eigenvalue weighted by Gasteiger charge is -2.10. The number of carbonyl (C=O) groups excluding carboxylic acids is 1. The Labute approximate surface area is 158 Å². The zero-order chi connectivity index (χ0) is 19.2. The minimum atomic E-state index is -0.307. The van der Waals surface area contributed by atoms with Gasteiger partial charge in [0.1, 0.15) is 23.1 Å². The molecular weight excluding hydrogens is 340 g/mol. The molecule has 2 aromatic carbocycles. The zero-order valence-electron chi connectivity index (χ0n) is 15.6. The molecular formula is C21H22N4O2. The van der Waals surface area contributed by atoms with Crippen LogP contribution in [0.1, 0.15) is 28.8 Å². The van der Waals surface area contributed by atoms with Crippen molar-refractivity contribution >= 4 is 23.1 Å². The van der Waals surface area contributed by atoms with E-state index in [2.05, 4.69) is 39.7 Å². The topological polar surface area (TPSA) is 76.1 Å². The van der Waals surface area contributed by atoms with Crippen LogP contribution in [-0.4, -0.2) is 23.0 Å². The predicted molar refractivity (Wildman–Crippen MR) is 107 cm³/mol. The van der Waals surface area contributed by atoms with Crippen molar-refractivity contribution in [3.05, 3.63) is 71.7 Å². The molecule has 1 heterocycles. The fourth-order valence-corrected chi connectivity index (χ4v) is 2.62. The lowest BCUT2D eigenvalue weighted by Crippen LogP contribution is -2.15. The van der Waals surface area contributed by atoms with E-state index in [1.807, 2.05) is 24.3 Å². The highest BCUT2D eigenvalue weighted by atomic mass is 16.5. The van der Waals surface area contributed by atoms with E-state index in [1.165, 1.54) is 5.56 Å². The monoisotopic (exact) mass is 362 g/mol. The van der Waals surface area contributed by atoms with E-state index >= 15 is 0 Å². The van der Waals surface area contributed by atoms with Gasteiger partial charge in [0.05, 0.1) is 7.11 Å². The molecule has 0 radical (unpaired) electrons. The molecule has 6 nitrogen and oxygen atoms in total. The van der Waals surface area contributed by atoms with Gasteiger partial charge in [-0.2, -0.15) is 0 Å². The number of benzene rings is 2. The molecule has 1 aromatic heterocycles. The van der Waals surface area contributed by atoms with Crippen LogP contribution in [0.3, 0.4) is 0 Å². The number of aryl methyl sites for hydroxylation is 2. The summed E-state index contributed by atoms with van der Waals surface area (Å²) >= 11 is 0. The minimum Gasteiger partial charge on any atom is -0.497 e. The van der Waals surface area contributed by atoms with Crippen molar-refractivity contribution in [1.29, 1.82) is 0 Å². The summed E-state index contributed by atoms with van der Waals surface area (Å²) in [7, 11) is 1.58. The summed E-state index contributed by atoms with van der Waals surface area (Å²) in [6, 6.07) is 16.9. The van der Waals surface area contributed by atoms with Gasteiger partial charge >= 0.3 is 0 Å². The molecule has 0 unspecified atom stereocenters. The SMILES string of the molecule is CCc1ccc(Nc2cc(C(=O)Nc3cccc(OC)c3)nc(C)n2)cc1. The van der Waals surface area contributed by atoms with Crippen molar-refractivity contribution in [3.63, 3.8) is 0 Å². The number of hydrogen-bond acceptors (Lipinski definition) is 5. The van der Waals surface area contributed by atoms with Gasteiger partial charge < -0.3 is 15.4 Å². The Kier molecular flexibility index (Phi) is 5.66. The lowest BCUT2D eigenvalue weighted by molar-refractivity contribution is 0.102. The van der Waals surface area contributed by atoms with Crippen molar-refractivity contribution in [2.24, 2.45) is 0 Å². The van der Waals surface area contributed by atoms with E-state index in [1.54, 1.807) is 32.2 Å². The Balaban J connectivity index is 1.78. The second-order valence-electron chi connectivity index (χ2n) is 6.05. The predicted octanol–water partition coefficient (Wildman–Crippen LogP) is 4.35. The first kappa shape index (κ1) is 18.4. The summed E-state index contributed by atoms with van der Waals surface area (Å²) in [5.41, 5.74) is 3.10. The molecule has 138 valence electrons. The lowest BCUT2D eigenvalue weighted by atomic mass is 10.1. The van der Waals surface area contributed by atoms with Crippen LogP contribution in [0.2, 0.25) is 0 Å². The Morgan fingerprint density at radius 1 is 1.04 bits per heavy atom. The van der Waals surface area contributed by atoms with Crippen LogP contribution >= 0.6 is 0 Å². The van der Waals surface area contributed by atoms with E-state index < -0.39 is 0 Å². The number of anilines is 3. The molecule has 0 atom stereocenters. The standard InChI is InChI=1S/C21H22N4O2/c1-4-15-8-10-16(11-9-15)24-20-13-19(22-14(2)23-20)21(26)25-17-6-5-7-18(12-17)27-3/h5-13H,4H2,1-3H3,(H,25,26)(H,22,23,24). The molecule has 0 aliphatic rings. The molecule has 6 heteroatoms. The molecule has 3 aromatic rings. The molecule has 0 spiro atoms. The third-order valence-corrected chi connectivity index (χ3v) is 4.03. The molecule has 1 amide bonds. The summed E-state index contributed by atoms with van der Waals surface area (Å²) in [6.45, 7) is 3.87. The Morgan fingerprint density at radius 3 is 2.52 bits per heavy atom. The molecule has 27 heavy (non-hydrogen) atoms. The fourth-order valence-electron chi connectivity index (χ4n) is 2.62. The van der Waals surface area contributed by atoms with Crippen LogP contribution in [-0.2, 0) is 6.42 Å². The van der Waals surface area contributed by atoms with E-state index in [9.17, 15) is 4.79 Å². The molecule has 0 aliphatic carbocycles. The molecule has 0 saturated carbocycles. The minimum absolute atomic E-state index is 0.290. The van der Waals surface area contributed by atoms with Gasteiger partial charge in [-0.3, -0.25) is 4.79 Å². The quantitative estimate of drug-likeness (QED) is 0.682. The Bertz CT molecular complexity index is 939. The van der Waals surface area contributed by atoms with Crippen LogP contribution in [0.5, 0.6) is 5.75 Å². The van der Waals surface area contributed by atoms with Gasteiger partial charge in [0.25, 0.3) is 5.91 Å². The van der Waals surface area contributed by atoms with Crippen molar-refractivity contribution in [3.8, 4) is 5.75 Å². The van der Waals surface area contributed by atoms with E-state index in [0.29, 0.717) is 23.1 Å². The highest BCUT2D eigenvalue weighted by Crippen LogP contribution is 2.19. The third-order valence-electron chi connectivity index (χ3n) is 4.03. The summed E-state index contributed by atoms with van der Waals surface area (Å²) in [5, 5.41) is 6.05. The van der Waals surface area contributed by atoms with Gasteiger partial charge in [-0.25, -0.2) is 9.97 Å². The second kappa shape index (κ2) is 8.31. The van der Waals surface area contributed by atoms with Gasteiger partial charge in [-0.15, -0.1) is 0 Å². The van der Waals surface area contributed by atoms with Crippen molar-refractivity contribution in [2.45, 2.75) is 20.3 Å². The van der Waals surface area contributed by atoms with Gasteiger partial charge in [-0.05, 0) is 43.2 Å². The average molecular weight is 362 g/mol. The maximum atomic E-state index is 12.6. The first-order valence-corrected chi connectivity index (χ1v) is 8.74. The summed E-state index contributed by atoms with van der Waals surface area (Å²) < 4.78 is 5.18. The smallest absolute Gasteiger partial charge is 0.274 e. The fraction of sp³-hybridized carbons (Fsp3) is 0.190. The highest BCUT2D eigenvalue weighted by molar-refractivity contribution is 6.03. The van der Waals surface area contributed by atoms with E-state index in [0.717, 1.165) is 12.1 Å². The van der Waals surface area contributed by atoms with Crippen LogP contribution in [0.15, 0.2) is 54.6 Å². The van der Waals surface area contributed by atoms with E-state index in [4.69, 9.17) is 4.74 Å². The number of carbonyl (C=O) groups is 1. The number of methoxy groups -OCH3 is 1. The van der Waals surface area contributed by atoms with Crippen molar-refractivity contribution in [1.82, 2.24) is 9.97 Å². The Hall–Kier alpha value is -3.41. The van der Waals surface area contributed by atoms with Crippen molar-refractivity contribution < 1.29 is 9.53 Å². The third kappa shape index (κ3) is 4.82. The highest BCUT2D eigenvalue weighted by Gasteiger charge is 2.11. The molecule has 3 rings (SSSR count). The number of aromatic nitrogens is 2. The van der Waals surface area contributed by atoms with Gasteiger partial charge in [0, 0.05) is 23.5 Å². The Morgan fingerprint density at radius 2 is 1.81 bits per heavy atom. The van der Waals surface area contributed by atoms with Gasteiger partial charge in [0.15, 0.2) is 0 Å². The first-order valence-electron chi connectivity index (χ1n) is 8.74. The van der Waals surface area contributed by atoms with Crippen molar-refractivity contribution in [2.75, 3.05) is 17.7 Å². The number of hydrogen-bond donors (Lipinski definition) is 2. The molecule has 0 bridgehead atoms. The summed E-state index contributed by atoms with van der Waals surface area (Å²) in [6.07, 6.45) is 0.988. The zero-order valence-corrected chi connectivity index (χ0v) is 15.6. The maximum Gasteiger partial charge on any atom is 0.274 e. The second-order valence-corrected chi connectivity index (χ2v) is 6.05. The van der Waals surface area contributed by atoms with E-state index in [-0.39, 0.29) is 11.6 Å². The van der Waals surface area contributed by atoms with Crippen LogP contribution in [0, 0.1) is 6.92 Å². The van der Waals surface area contributed by atoms with Crippen LogP contribution < -0.4 is 15.4 Å².